The molecule has 0 saturated heterocycles. The number of benzene rings is 4. The molecule has 0 saturated carbocycles. The van der Waals surface area contributed by atoms with Crippen LogP contribution in [0.4, 0.5) is 5.69 Å². The number of aromatic carboxylic acids is 1. The molecule has 0 atom stereocenters. The standard InChI is InChI=1S/C24H18ClNO5S/c25-17-11-13-22(26-32(29,30)18-6-2-1-3-7-18)23(14-17)31-15-16-10-12-21(24(27)28)20-9-5-4-8-19(16)20/h1-14,26H,15H2,(H,27,28). The third-order valence-corrected chi connectivity index (χ3v) is 6.49. The van der Waals surface area contributed by atoms with Gasteiger partial charge in [0.1, 0.15) is 12.4 Å². The third kappa shape index (κ3) is 4.54. The summed E-state index contributed by atoms with van der Waals surface area (Å²) >= 11 is 6.12. The fourth-order valence-corrected chi connectivity index (χ4v) is 4.59. The summed E-state index contributed by atoms with van der Waals surface area (Å²) < 4.78 is 33.9. The zero-order chi connectivity index (χ0) is 22.7. The first kappa shape index (κ1) is 21.7. The van der Waals surface area contributed by atoms with Crippen LogP contribution in [0.15, 0.2) is 89.8 Å². The molecule has 4 aromatic rings. The van der Waals surface area contributed by atoms with Crippen LogP contribution in [0.1, 0.15) is 15.9 Å². The first-order valence-corrected chi connectivity index (χ1v) is 11.5. The van der Waals surface area contributed by atoms with Gasteiger partial charge in [-0.25, -0.2) is 13.2 Å². The number of rotatable bonds is 7. The second kappa shape index (κ2) is 8.90. The van der Waals surface area contributed by atoms with Crippen molar-refractivity contribution in [1.29, 1.82) is 0 Å². The van der Waals surface area contributed by atoms with Gasteiger partial charge in [-0.2, -0.15) is 0 Å². The fraction of sp³-hybridized carbons (Fsp3) is 0.0417. The smallest absolute Gasteiger partial charge is 0.336 e. The average Bonchev–Trinajstić information content (AvgIpc) is 2.79. The van der Waals surface area contributed by atoms with Crippen LogP contribution in [0.25, 0.3) is 10.8 Å². The first-order chi connectivity index (χ1) is 15.3. The molecule has 0 aliphatic carbocycles. The lowest BCUT2D eigenvalue weighted by molar-refractivity contribution is 0.0699. The SMILES string of the molecule is O=C(O)c1ccc(COc2cc(Cl)ccc2NS(=O)(=O)c2ccccc2)c2ccccc12. The van der Waals surface area contributed by atoms with Gasteiger partial charge in [0.25, 0.3) is 10.0 Å². The molecule has 0 aromatic heterocycles. The van der Waals surface area contributed by atoms with Crippen LogP contribution in [-0.4, -0.2) is 19.5 Å². The molecule has 8 heteroatoms. The zero-order valence-corrected chi connectivity index (χ0v) is 18.2. The van der Waals surface area contributed by atoms with Crippen molar-refractivity contribution in [2.45, 2.75) is 11.5 Å². The van der Waals surface area contributed by atoms with E-state index >= 15 is 0 Å². The normalized spacial score (nSPS) is 11.3. The van der Waals surface area contributed by atoms with Crippen molar-refractivity contribution in [3.05, 3.63) is 101 Å². The summed E-state index contributed by atoms with van der Waals surface area (Å²) in [5.74, 6) is -0.760. The fourth-order valence-electron chi connectivity index (χ4n) is 3.33. The highest BCUT2D eigenvalue weighted by Crippen LogP contribution is 2.32. The third-order valence-electron chi connectivity index (χ3n) is 4.87. The number of carbonyl (C=O) groups is 1. The van der Waals surface area contributed by atoms with Crippen LogP contribution in [-0.2, 0) is 16.6 Å². The van der Waals surface area contributed by atoms with E-state index in [1.807, 2.05) is 12.1 Å². The van der Waals surface area contributed by atoms with Crippen molar-refractivity contribution in [2.75, 3.05) is 4.72 Å². The quantitative estimate of drug-likeness (QED) is 0.370. The molecule has 4 aromatic carbocycles. The van der Waals surface area contributed by atoms with E-state index in [2.05, 4.69) is 4.72 Å². The van der Waals surface area contributed by atoms with Gasteiger partial charge in [0.15, 0.2) is 0 Å². The highest BCUT2D eigenvalue weighted by atomic mass is 35.5. The summed E-state index contributed by atoms with van der Waals surface area (Å²) in [4.78, 5) is 11.6. The van der Waals surface area contributed by atoms with Crippen molar-refractivity contribution in [2.24, 2.45) is 0 Å². The van der Waals surface area contributed by atoms with Gasteiger partial charge < -0.3 is 9.84 Å². The van der Waals surface area contributed by atoms with E-state index < -0.39 is 16.0 Å². The minimum absolute atomic E-state index is 0.0841. The van der Waals surface area contributed by atoms with E-state index in [9.17, 15) is 18.3 Å². The summed E-state index contributed by atoms with van der Waals surface area (Å²) in [5, 5.41) is 11.2. The Morgan fingerprint density at radius 2 is 1.59 bits per heavy atom. The van der Waals surface area contributed by atoms with Crippen molar-refractivity contribution >= 4 is 44.1 Å². The maximum atomic E-state index is 12.7. The molecule has 0 bridgehead atoms. The molecule has 162 valence electrons. The topological polar surface area (TPSA) is 92.7 Å². The van der Waals surface area contributed by atoms with Gasteiger partial charge in [-0.15, -0.1) is 0 Å². The maximum Gasteiger partial charge on any atom is 0.336 e. The van der Waals surface area contributed by atoms with E-state index in [-0.39, 0.29) is 28.5 Å². The molecule has 6 nitrogen and oxygen atoms in total. The molecule has 0 unspecified atom stereocenters. The number of hydrogen-bond donors (Lipinski definition) is 2. The van der Waals surface area contributed by atoms with Crippen LogP contribution >= 0.6 is 11.6 Å². The van der Waals surface area contributed by atoms with Crippen LogP contribution < -0.4 is 9.46 Å². The highest BCUT2D eigenvalue weighted by Gasteiger charge is 2.17. The summed E-state index contributed by atoms with van der Waals surface area (Å²) in [5.41, 5.74) is 1.19. The van der Waals surface area contributed by atoms with E-state index in [4.69, 9.17) is 16.3 Å². The monoisotopic (exact) mass is 467 g/mol. The van der Waals surface area contributed by atoms with E-state index in [0.717, 1.165) is 10.9 Å². The lowest BCUT2D eigenvalue weighted by Gasteiger charge is -2.15. The van der Waals surface area contributed by atoms with E-state index in [1.54, 1.807) is 42.5 Å². The minimum atomic E-state index is -3.82. The predicted molar refractivity (Wildman–Crippen MR) is 124 cm³/mol. The van der Waals surface area contributed by atoms with Gasteiger partial charge >= 0.3 is 5.97 Å². The summed E-state index contributed by atoms with van der Waals surface area (Å²) in [6.07, 6.45) is 0. The molecule has 0 amide bonds. The second-order valence-corrected chi connectivity index (χ2v) is 9.09. The number of sulfonamides is 1. The van der Waals surface area contributed by atoms with Gasteiger partial charge in [-0.1, -0.05) is 60.1 Å². The Morgan fingerprint density at radius 3 is 2.31 bits per heavy atom. The van der Waals surface area contributed by atoms with E-state index in [1.165, 1.54) is 30.3 Å². The lowest BCUT2D eigenvalue weighted by Crippen LogP contribution is -2.13. The molecule has 32 heavy (non-hydrogen) atoms. The molecule has 0 spiro atoms. The Morgan fingerprint density at radius 1 is 0.906 bits per heavy atom. The van der Waals surface area contributed by atoms with Gasteiger partial charge in [-0.3, -0.25) is 4.72 Å². The van der Waals surface area contributed by atoms with Crippen molar-refractivity contribution in [3.63, 3.8) is 0 Å². The van der Waals surface area contributed by atoms with Gasteiger partial charge in [0.05, 0.1) is 16.1 Å². The van der Waals surface area contributed by atoms with Crippen LogP contribution in [0.3, 0.4) is 0 Å². The Kier molecular flexibility index (Phi) is 6.03. The number of carboxylic acid groups (broad SMARTS) is 1. The Labute approximate surface area is 190 Å². The molecule has 0 heterocycles. The molecule has 2 N–H and O–H groups in total. The molecule has 0 fully saturated rings. The number of hydrogen-bond acceptors (Lipinski definition) is 4. The van der Waals surface area contributed by atoms with Crippen LogP contribution in [0.5, 0.6) is 5.75 Å². The molecule has 0 aliphatic rings. The number of carboxylic acids is 1. The summed E-state index contributed by atoms with van der Waals surface area (Å²) in [6.45, 7) is 0.0841. The van der Waals surface area contributed by atoms with E-state index in [0.29, 0.717) is 10.4 Å². The lowest BCUT2D eigenvalue weighted by atomic mass is 10.00. The Balaban J connectivity index is 1.65. The van der Waals surface area contributed by atoms with Crippen molar-refractivity contribution in [1.82, 2.24) is 0 Å². The van der Waals surface area contributed by atoms with Crippen LogP contribution in [0, 0.1) is 0 Å². The number of anilines is 1. The summed E-state index contributed by atoms with van der Waals surface area (Å²) in [7, 11) is -3.82. The minimum Gasteiger partial charge on any atom is -0.487 e. The number of fused-ring (bicyclic) bond motifs is 1. The van der Waals surface area contributed by atoms with Gasteiger partial charge in [-0.05, 0) is 46.7 Å². The number of nitrogens with one attached hydrogen (secondary N) is 1. The van der Waals surface area contributed by atoms with Gasteiger partial charge in [0.2, 0.25) is 0 Å². The maximum absolute atomic E-state index is 12.7. The Bertz CT molecular complexity index is 1400. The highest BCUT2D eigenvalue weighted by molar-refractivity contribution is 7.92. The van der Waals surface area contributed by atoms with Crippen LogP contribution in [0.2, 0.25) is 5.02 Å². The van der Waals surface area contributed by atoms with Crippen molar-refractivity contribution < 1.29 is 23.1 Å². The molecular weight excluding hydrogens is 450 g/mol. The molecule has 0 radical (unpaired) electrons. The number of halogens is 1. The largest absolute Gasteiger partial charge is 0.487 e. The van der Waals surface area contributed by atoms with Gasteiger partial charge in [0, 0.05) is 11.1 Å². The molecule has 0 aliphatic heterocycles. The first-order valence-electron chi connectivity index (χ1n) is 9.59. The predicted octanol–water partition coefficient (Wildman–Crippen LogP) is 5.57. The Hall–Kier alpha value is -3.55. The molecular formula is C24H18ClNO5S. The summed E-state index contributed by atoms with van der Waals surface area (Å²) in [6, 6.07) is 23.0. The second-order valence-electron chi connectivity index (χ2n) is 6.97. The van der Waals surface area contributed by atoms with Crippen molar-refractivity contribution in [3.8, 4) is 5.75 Å². The number of ether oxygens (including phenoxy) is 1. The zero-order valence-electron chi connectivity index (χ0n) is 16.7. The molecule has 4 rings (SSSR count). The average molecular weight is 468 g/mol.